The van der Waals surface area contributed by atoms with Crippen molar-refractivity contribution >= 4 is 27.1 Å². The van der Waals surface area contributed by atoms with E-state index in [0.29, 0.717) is 4.88 Å². The molecule has 2 rings (SSSR count). The van der Waals surface area contributed by atoms with Gasteiger partial charge < -0.3 is 5.11 Å². The molecule has 20 heavy (non-hydrogen) atoms. The summed E-state index contributed by atoms with van der Waals surface area (Å²) in [6.45, 7) is 3.78. The van der Waals surface area contributed by atoms with Gasteiger partial charge in [-0.05, 0) is 49.2 Å². The summed E-state index contributed by atoms with van der Waals surface area (Å²) in [6, 6.07) is 7.99. The van der Waals surface area contributed by atoms with Gasteiger partial charge in [-0.3, -0.25) is 0 Å². The number of thiophene rings is 1. The summed E-state index contributed by atoms with van der Waals surface area (Å²) < 4.78 is 24.6. The van der Waals surface area contributed by atoms with Crippen LogP contribution in [0, 0.1) is 13.8 Å². The number of hydrogen-bond donors (Lipinski definition) is 1. The minimum absolute atomic E-state index is 0.148. The van der Waals surface area contributed by atoms with Gasteiger partial charge in [-0.25, -0.2) is 13.2 Å². The van der Waals surface area contributed by atoms with Crippen LogP contribution in [0.5, 0.6) is 0 Å². The molecule has 0 fully saturated rings. The van der Waals surface area contributed by atoms with E-state index in [1.54, 1.807) is 24.3 Å². The number of hydrogen-bond acceptors (Lipinski definition) is 4. The van der Waals surface area contributed by atoms with E-state index in [-0.39, 0.29) is 15.5 Å². The number of benzene rings is 1. The lowest BCUT2D eigenvalue weighted by Gasteiger charge is -2.06. The molecule has 0 aliphatic carbocycles. The Morgan fingerprint density at radius 2 is 1.85 bits per heavy atom. The maximum atomic E-state index is 12.3. The highest BCUT2D eigenvalue weighted by molar-refractivity contribution is 7.90. The smallest absolute Gasteiger partial charge is 0.345 e. The van der Waals surface area contributed by atoms with Crippen LogP contribution in [0.3, 0.4) is 0 Å². The van der Waals surface area contributed by atoms with Crippen LogP contribution < -0.4 is 0 Å². The Labute approximate surface area is 121 Å². The van der Waals surface area contributed by atoms with Crippen molar-refractivity contribution < 1.29 is 18.3 Å². The Bertz CT molecular complexity index is 757. The number of carboxylic acids is 1. The first-order valence-corrected chi connectivity index (χ1v) is 8.38. The van der Waals surface area contributed by atoms with Crippen LogP contribution in [0.15, 0.2) is 35.2 Å². The molecule has 0 atom stereocenters. The van der Waals surface area contributed by atoms with Crippen molar-refractivity contribution in [3.05, 3.63) is 51.2 Å². The molecule has 2 aromatic rings. The fraction of sp³-hybridized carbons (Fsp3) is 0.214. The van der Waals surface area contributed by atoms with Gasteiger partial charge in [-0.15, -0.1) is 11.3 Å². The van der Waals surface area contributed by atoms with Gasteiger partial charge in [0.15, 0.2) is 9.84 Å². The van der Waals surface area contributed by atoms with Gasteiger partial charge in [0.2, 0.25) is 0 Å². The number of rotatable bonds is 4. The van der Waals surface area contributed by atoms with Gasteiger partial charge in [0.1, 0.15) is 4.88 Å². The van der Waals surface area contributed by atoms with E-state index < -0.39 is 15.8 Å². The zero-order valence-electron chi connectivity index (χ0n) is 11.1. The standard InChI is InChI=1S/C14H14O4S2/c1-9-3-5-12(7-10(9)2)20(17,18)8-11-4-6-13(19-11)14(15)16/h3-7H,8H2,1-2H3,(H,15,16). The molecule has 0 aliphatic heterocycles. The first-order valence-electron chi connectivity index (χ1n) is 5.91. The Balaban J connectivity index is 2.30. The predicted octanol–water partition coefficient (Wildman–Crippen LogP) is 3.04. The van der Waals surface area contributed by atoms with Crippen molar-refractivity contribution in [2.75, 3.05) is 0 Å². The highest BCUT2D eigenvalue weighted by Gasteiger charge is 2.18. The second-order valence-corrected chi connectivity index (χ2v) is 7.73. The Morgan fingerprint density at radius 1 is 1.15 bits per heavy atom. The van der Waals surface area contributed by atoms with Crippen LogP contribution in [-0.2, 0) is 15.6 Å². The number of aromatic carboxylic acids is 1. The number of carbonyl (C=O) groups is 1. The lowest BCUT2D eigenvalue weighted by atomic mass is 10.1. The zero-order valence-corrected chi connectivity index (χ0v) is 12.7. The first-order chi connectivity index (χ1) is 9.29. The van der Waals surface area contributed by atoms with Crippen LogP contribution >= 0.6 is 11.3 Å². The Morgan fingerprint density at radius 3 is 2.40 bits per heavy atom. The maximum absolute atomic E-state index is 12.3. The molecule has 0 bridgehead atoms. The van der Waals surface area contributed by atoms with Gasteiger partial charge in [-0.1, -0.05) is 6.07 Å². The molecule has 1 heterocycles. The average Bonchev–Trinajstić information content (AvgIpc) is 2.80. The van der Waals surface area contributed by atoms with Crippen LogP contribution in [0.2, 0.25) is 0 Å². The molecular formula is C14H14O4S2. The van der Waals surface area contributed by atoms with E-state index >= 15 is 0 Å². The van der Waals surface area contributed by atoms with E-state index in [0.717, 1.165) is 22.5 Å². The van der Waals surface area contributed by atoms with Crippen LogP contribution in [0.25, 0.3) is 0 Å². The van der Waals surface area contributed by atoms with Gasteiger partial charge in [0, 0.05) is 4.88 Å². The minimum atomic E-state index is -3.45. The van der Waals surface area contributed by atoms with E-state index in [1.807, 2.05) is 13.8 Å². The van der Waals surface area contributed by atoms with Gasteiger partial charge in [0.05, 0.1) is 10.6 Å². The van der Waals surface area contributed by atoms with Gasteiger partial charge in [0.25, 0.3) is 0 Å². The number of carboxylic acid groups (broad SMARTS) is 1. The molecule has 0 amide bonds. The van der Waals surface area contributed by atoms with Crippen molar-refractivity contribution in [1.29, 1.82) is 0 Å². The summed E-state index contributed by atoms with van der Waals surface area (Å²) in [7, 11) is -3.45. The molecule has 0 unspecified atom stereocenters. The first kappa shape index (κ1) is 14.7. The summed E-state index contributed by atoms with van der Waals surface area (Å²) >= 11 is 0.991. The molecule has 0 saturated heterocycles. The molecule has 1 aromatic carbocycles. The summed E-state index contributed by atoms with van der Waals surface area (Å²) in [4.78, 5) is 11.7. The van der Waals surface area contributed by atoms with Gasteiger partial charge >= 0.3 is 5.97 Å². The molecule has 1 aromatic heterocycles. The third-order valence-electron chi connectivity index (χ3n) is 3.04. The van der Waals surface area contributed by atoms with Crippen molar-refractivity contribution in [3.63, 3.8) is 0 Å². The normalized spacial score (nSPS) is 11.5. The summed E-state index contributed by atoms with van der Waals surface area (Å²) in [5.41, 5.74) is 1.96. The largest absolute Gasteiger partial charge is 0.477 e. The second kappa shape index (κ2) is 5.38. The van der Waals surface area contributed by atoms with E-state index in [1.165, 1.54) is 6.07 Å². The summed E-state index contributed by atoms with van der Waals surface area (Å²) in [5, 5.41) is 8.84. The molecule has 4 nitrogen and oxygen atoms in total. The van der Waals surface area contributed by atoms with Crippen molar-refractivity contribution in [3.8, 4) is 0 Å². The quantitative estimate of drug-likeness (QED) is 0.942. The molecule has 6 heteroatoms. The topological polar surface area (TPSA) is 71.4 Å². The number of sulfone groups is 1. The molecule has 0 radical (unpaired) electrons. The fourth-order valence-corrected chi connectivity index (χ4v) is 4.36. The predicted molar refractivity (Wildman–Crippen MR) is 78.1 cm³/mol. The maximum Gasteiger partial charge on any atom is 0.345 e. The average molecular weight is 310 g/mol. The van der Waals surface area contributed by atoms with Crippen molar-refractivity contribution in [2.45, 2.75) is 24.5 Å². The zero-order chi connectivity index (χ0) is 14.9. The molecule has 106 valence electrons. The van der Waals surface area contributed by atoms with Crippen molar-refractivity contribution in [2.24, 2.45) is 0 Å². The molecule has 0 aliphatic rings. The minimum Gasteiger partial charge on any atom is -0.477 e. The molecular weight excluding hydrogens is 296 g/mol. The summed E-state index contributed by atoms with van der Waals surface area (Å²) in [5.74, 6) is -1.21. The monoisotopic (exact) mass is 310 g/mol. The van der Waals surface area contributed by atoms with Gasteiger partial charge in [-0.2, -0.15) is 0 Å². The molecule has 0 spiro atoms. The highest BCUT2D eigenvalue weighted by Crippen LogP contribution is 2.24. The molecule has 0 saturated carbocycles. The Hall–Kier alpha value is -1.66. The SMILES string of the molecule is Cc1ccc(S(=O)(=O)Cc2ccc(C(=O)O)s2)cc1C. The lowest BCUT2D eigenvalue weighted by Crippen LogP contribution is -2.04. The third-order valence-corrected chi connectivity index (χ3v) is 5.96. The van der Waals surface area contributed by atoms with Crippen molar-refractivity contribution in [1.82, 2.24) is 0 Å². The van der Waals surface area contributed by atoms with Crippen LogP contribution in [0.4, 0.5) is 0 Å². The fourth-order valence-electron chi connectivity index (χ4n) is 1.75. The van der Waals surface area contributed by atoms with E-state index in [2.05, 4.69) is 0 Å². The number of aryl methyl sites for hydroxylation is 2. The third kappa shape index (κ3) is 3.08. The lowest BCUT2D eigenvalue weighted by molar-refractivity contribution is 0.0702. The second-order valence-electron chi connectivity index (χ2n) is 4.58. The molecule has 1 N–H and O–H groups in total. The van der Waals surface area contributed by atoms with Crippen LogP contribution in [-0.4, -0.2) is 19.5 Å². The van der Waals surface area contributed by atoms with Crippen LogP contribution in [0.1, 0.15) is 25.7 Å². The Kier molecular flexibility index (Phi) is 3.96. The highest BCUT2D eigenvalue weighted by atomic mass is 32.2. The summed E-state index contributed by atoms with van der Waals surface area (Å²) in [6.07, 6.45) is 0. The van der Waals surface area contributed by atoms with E-state index in [9.17, 15) is 13.2 Å². The van der Waals surface area contributed by atoms with E-state index in [4.69, 9.17) is 5.11 Å².